The van der Waals surface area contributed by atoms with Crippen molar-refractivity contribution in [3.63, 3.8) is 0 Å². The highest BCUT2D eigenvalue weighted by molar-refractivity contribution is 7.87. The average Bonchev–Trinajstić information content (AvgIpc) is 2.76. The van der Waals surface area contributed by atoms with Crippen molar-refractivity contribution >= 4 is 62.0 Å². The number of aromatic hydroxyl groups is 1. The van der Waals surface area contributed by atoms with Crippen LogP contribution in [0.5, 0.6) is 11.5 Å². The van der Waals surface area contributed by atoms with Crippen molar-refractivity contribution < 1.29 is 56.6 Å². The normalized spacial score (nSPS) is 13.2. The van der Waals surface area contributed by atoms with Gasteiger partial charge in [0.2, 0.25) is 0 Å². The maximum absolute atomic E-state index is 13.1. The zero-order valence-electron chi connectivity index (χ0n) is 17.9. The van der Waals surface area contributed by atoms with Crippen molar-refractivity contribution in [2.24, 2.45) is 0 Å². The van der Waals surface area contributed by atoms with E-state index in [9.17, 15) is 52.4 Å². The van der Waals surface area contributed by atoms with Gasteiger partial charge in [-0.05, 0) is 47.2 Å². The lowest BCUT2D eigenvalue weighted by molar-refractivity contribution is 0.470. The van der Waals surface area contributed by atoms with E-state index in [4.69, 9.17) is 4.18 Å². The first kappa shape index (κ1) is 26.7. The molecule has 0 saturated heterocycles. The Morgan fingerprint density at radius 3 is 1.76 bits per heavy atom. The van der Waals surface area contributed by atoms with Gasteiger partial charge in [-0.3, -0.25) is 13.7 Å². The smallest absolute Gasteiger partial charge is 0.339 e. The zero-order valence-corrected chi connectivity index (χ0v) is 21.1. The van der Waals surface area contributed by atoms with Gasteiger partial charge in [-0.25, -0.2) is 0 Å². The van der Waals surface area contributed by atoms with E-state index in [0.717, 1.165) is 48.5 Å². The third-order valence-corrected chi connectivity index (χ3v) is 8.90. The second-order valence-electron chi connectivity index (χ2n) is 7.56. The summed E-state index contributed by atoms with van der Waals surface area (Å²) < 4.78 is 130. The molecule has 17 heteroatoms. The Morgan fingerprint density at radius 1 is 0.595 bits per heavy atom. The Hall–Kier alpha value is -3.32. The van der Waals surface area contributed by atoms with Gasteiger partial charge in [-0.2, -0.15) is 33.7 Å². The first-order valence-electron chi connectivity index (χ1n) is 9.58. The SMILES string of the molecule is O=S(=O)(O)c1cc(O)c2ccc(S(=O)(=O)Oc3cc(S(=O)(=O)O)cc4cccc(S(=O)(=O)O)c34)cc2c1. The van der Waals surface area contributed by atoms with E-state index < -0.39 is 76.9 Å². The molecule has 0 unspecified atom stereocenters. The summed E-state index contributed by atoms with van der Waals surface area (Å²) in [5.74, 6) is -1.48. The Labute approximate surface area is 209 Å². The first-order chi connectivity index (χ1) is 16.9. The molecule has 0 spiro atoms. The summed E-state index contributed by atoms with van der Waals surface area (Å²) in [6, 6.07) is 9.08. The topological polar surface area (TPSA) is 227 Å². The monoisotopic (exact) mass is 590 g/mol. The molecule has 4 N–H and O–H groups in total. The minimum Gasteiger partial charge on any atom is -0.507 e. The number of phenols is 1. The molecule has 0 aromatic heterocycles. The summed E-state index contributed by atoms with van der Waals surface area (Å²) in [5.41, 5.74) is 0. The molecule has 37 heavy (non-hydrogen) atoms. The number of benzene rings is 4. The van der Waals surface area contributed by atoms with Crippen LogP contribution in [0.4, 0.5) is 0 Å². The van der Waals surface area contributed by atoms with E-state index in [0.29, 0.717) is 6.07 Å². The Morgan fingerprint density at radius 2 is 1.16 bits per heavy atom. The van der Waals surface area contributed by atoms with Crippen molar-refractivity contribution in [3.05, 3.63) is 60.7 Å². The van der Waals surface area contributed by atoms with Crippen LogP contribution in [0, 0.1) is 0 Å². The molecule has 0 fully saturated rings. The van der Waals surface area contributed by atoms with Crippen molar-refractivity contribution in [1.82, 2.24) is 0 Å². The summed E-state index contributed by atoms with van der Waals surface area (Å²) in [4.78, 5) is -3.06. The van der Waals surface area contributed by atoms with Crippen molar-refractivity contribution in [3.8, 4) is 11.5 Å². The summed E-state index contributed by atoms with van der Waals surface area (Å²) in [7, 11) is -19.6. The predicted octanol–water partition coefficient (Wildman–Crippen LogP) is 2.21. The Bertz CT molecular complexity index is 2050. The molecule has 4 aromatic rings. The first-order valence-corrected chi connectivity index (χ1v) is 15.3. The van der Waals surface area contributed by atoms with Crippen molar-refractivity contribution in [2.75, 3.05) is 0 Å². The fourth-order valence-electron chi connectivity index (χ4n) is 3.53. The van der Waals surface area contributed by atoms with Crippen LogP contribution in [0.1, 0.15) is 0 Å². The van der Waals surface area contributed by atoms with Gasteiger partial charge in [0.15, 0.2) is 5.75 Å². The summed E-state index contributed by atoms with van der Waals surface area (Å²) >= 11 is 0. The summed E-state index contributed by atoms with van der Waals surface area (Å²) in [5, 5.41) is 9.15. The molecule has 13 nitrogen and oxygen atoms in total. The van der Waals surface area contributed by atoms with Gasteiger partial charge in [0.05, 0.1) is 9.79 Å². The number of hydrogen-bond acceptors (Lipinski definition) is 10. The molecular weight excluding hydrogens is 576 g/mol. The van der Waals surface area contributed by atoms with Gasteiger partial charge >= 0.3 is 10.1 Å². The number of phenolic OH excluding ortho intramolecular Hbond substituents is 1. The van der Waals surface area contributed by atoms with Gasteiger partial charge in [0, 0.05) is 22.9 Å². The quantitative estimate of drug-likeness (QED) is 0.187. The molecule has 0 aliphatic rings. The van der Waals surface area contributed by atoms with Gasteiger partial charge in [-0.1, -0.05) is 12.1 Å². The molecule has 0 amide bonds. The molecule has 0 atom stereocenters. The lowest BCUT2D eigenvalue weighted by Gasteiger charge is -2.14. The second kappa shape index (κ2) is 8.62. The van der Waals surface area contributed by atoms with E-state index in [-0.39, 0.29) is 16.2 Å². The van der Waals surface area contributed by atoms with Gasteiger partial charge < -0.3 is 9.29 Å². The number of fused-ring (bicyclic) bond motifs is 2. The van der Waals surface area contributed by atoms with Crippen molar-refractivity contribution in [2.45, 2.75) is 19.6 Å². The lowest BCUT2D eigenvalue weighted by Crippen LogP contribution is -2.12. The van der Waals surface area contributed by atoms with E-state index in [2.05, 4.69) is 0 Å². The van der Waals surface area contributed by atoms with E-state index in [1.807, 2.05) is 0 Å². The Kier molecular flexibility index (Phi) is 6.23. The largest absolute Gasteiger partial charge is 0.507 e. The summed E-state index contributed by atoms with van der Waals surface area (Å²) in [6.45, 7) is 0. The fourth-order valence-corrected chi connectivity index (χ4v) is 6.29. The van der Waals surface area contributed by atoms with E-state index in [1.165, 1.54) is 6.07 Å². The number of rotatable bonds is 6. The van der Waals surface area contributed by atoms with E-state index in [1.54, 1.807) is 0 Å². The molecule has 4 aromatic carbocycles. The standard InChI is InChI=1S/C20H14O13S4/c21-17-9-14(34(22,23)24)8-12-7-13(4-5-16(12)17)37(31,32)33-18-10-15(35(25,26)27)6-11-2-1-3-19(20(11)18)36(28,29)30/h1-10,21H,(H,22,23,24)(H,25,26,27)(H,28,29,30). The molecule has 0 radical (unpaired) electrons. The maximum Gasteiger partial charge on any atom is 0.339 e. The van der Waals surface area contributed by atoms with Crippen LogP contribution in [0.3, 0.4) is 0 Å². The molecule has 4 rings (SSSR count). The molecule has 0 aliphatic carbocycles. The van der Waals surface area contributed by atoms with Crippen LogP contribution in [-0.2, 0) is 40.5 Å². The minimum atomic E-state index is -4.97. The molecule has 0 heterocycles. The van der Waals surface area contributed by atoms with Crippen LogP contribution >= 0.6 is 0 Å². The van der Waals surface area contributed by atoms with Crippen LogP contribution in [0.2, 0.25) is 0 Å². The van der Waals surface area contributed by atoms with Gasteiger partial charge in [0.1, 0.15) is 15.5 Å². The van der Waals surface area contributed by atoms with Crippen LogP contribution in [0.25, 0.3) is 21.5 Å². The van der Waals surface area contributed by atoms with Crippen LogP contribution in [-0.4, -0.2) is 52.4 Å². The van der Waals surface area contributed by atoms with Crippen molar-refractivity contribution in [1.29, 1.82) is 0 Å². The second-order valence-corrected chi connectivity index (χ2v) is 13.3. The fraction of sp³-hybridized carbons (Fsp3) is 0. The van der Waals surface area contributed by atoms with Crippen LogP contribution in [0.15, 0.2) is 80.2 Å². The zero-order chi connectivity index (χ0) is 27.6. The summed E-state index contributed by atoms with van der Waals surface area (Å²) in [6.07, 6.45) is 0. The van der Waals surface area contributed by atoms with Gasteiger partial charge in [0.25, 0.3) is 30.4 Å². The molecular formula is C20H14O13S4. The van der Waals surface area contributed by atoms with Crippen LogP contribution < -0.4 is 4.18 Å². The maximum atomic E-state index is 13.1. The third kappa shape index (κ3) is 5.23. The highest BCUT2D eigenvalue weighted by Crippen LogP contribution is 2.37. The predicted molar refractivity (Wildman–Crippen MR) is 127 cm³/mol. The molecule has 0 bridgehead atoms. The number of hydrogen-bond donors (Lipinski definition) is 4. The average molecular weight is 591 g/mol. The third-order valence-electron chi connectivity index (χ3n) is 5.11. The van der Waals surface area contributed by atoms with E-state index >= 15 is 0 Å². The molecule has 0 saturated carbocycles. The highest BCUT2D eigenvalue weighted by atomic mass is 32.2. The highest BCUT2D eigenvalue weighted by Gasteiger charge is 2.26. The molecule has 0 aliphatic heterocycles. The van der Waals surface area contributed by atoms with Gasteiger partial charge in [-0.15, -0.1) is 0 Å². The molecule has 196 valence electrons. The lowest BCUT2D eigenvalue weighted by atomic mass is 10.1. The Balaban J connectivity index is 1.96. The minimum absolute atomic E-state index is 0.00108.